The van der Waals surface area contributed by atoms with E-state index in [-0.39, 0.29) is 46.1 Å². The zero-order valence-corrected chi connectivity index (χ0v) is 29.6. The van der Waals surface area contributed by atoms with Gasteiger partial charge >= 0.3 is 11.9 Å². The minimum Gasteiger partial charge on any atom is -0.478 e. The predicted octanol–water partition coefficient (Wildman–Crippen LogP) is 5.92. The summed E-state index contributed by atoms with van der Waals surface area (Å²) in [6.07, 6.45) is 5.43. The van der Waals surface area contributed by atoms with Crippen molar-refractivity contribution in [1.82, 2.24) is 9.97 Å². The Morgan fingerprint density at radius 1 is 0.673 bits per heavy atom. The third-order valence-electron chi connectivity index (χ3n) is 7.57. The van der Waals surface area contributed by atoms with E-state index < -0.39 is 11.9 Å². The van der Waals surface area contributed by atoms with Crippen LogP contribution in [0.25, 0.3) is 0 Å². The lowest BCUT2D eigenvalue weighted by molar-refractivity contribution is 0.0599. The van der Waals surface area contributed by atoms with Gasteiger partial charge in [-0.15, -0.1) is 0 Å². The number of nitrogens with one attached hydrogen (secondary N) is 2. The van der Waals surface area contributed by atoms with Crippen molar-refractivity contribution in [2.75, 3.05) is 29.2 Å². The van der Waals surface area contributed by atoms with Crippen molar-refractivity contribution >= 4 is 46.8 Å². The molecule has 14 nitrogen and oxygen atoms in total. The van der Waals surface area contributed by atoms with Crippen LogP contribution in [0, 0.1) is 37.5 Å². The number of ether oxygens (including phenoxy) is 1. The molecule has 2 aromatic carbocycles. The second-order valence-corrected chi connectivity index (χ2v) is 11.5. The Morgan fingerprint density at radius 3 is 1.55 bits per heavy atom. The zero-order valence-electron chi connectivity index (χ0n) is 29.6. The van der Waals surface area contributed by atoms with Crippen LogP contribution in [0.2, 0.25) is 0 Å². The number of carboxylic acids is 1. The molecule has 55 heavy (non-hydrogen) atoms. The quantitative estimate of drug-likeness (QED) is 0.0992. The van der Waals surface area contributed by atoms with Gasteiger partial charge in [0, 0.05) is 46.0 Å². The Balaban J connectivity index is 0.000000211. The number of esters is 1. The van der Waals surface area contributed by atoms with E-state index >= 15 is 0 Å². The number of aromatic nitrogens is 2. The second kappa shape index (κ2) is 17.4. The third kappa shape index (κ3) is 10.0. The molecule has 6 rings (SSSR count). The van der Waals surface area contributed by atoms with Crippen LogP contribution >= 0.6 is 0 Å². The molecule has 0 spiro atoms. The highest BCUT2D eigenvalue weighted by Crippen LogP contribution is 2.17. The molecule has 0 saturated carbocycles. The molecule has 2 amide bonds. The molecule has 0 bridgehead atoms. The number of nitrogen functional groups attached to an aromatic ring is 2. The number of rotatable bonds is 6. The average molecular weight is 737 g/mol. The molecular weight excluding hydrogens is 704 g/mol. The average Bonchev–Trinajstić information content (AvgIpc) is 3.82. The van der Waals surface area contributed by atoms with E-state index in [1.807, 2.05) is 0 Å². The number of furan rings is 2. The summed E-state index contributed by atoms with van der Waals surface area (Å²) in [5.74, 6) is 10.1. The molecule has 0 aliphatic carbocycles. The van der Waals surface area contributed by atoms with Crippen LogP contribution in [0.3, 0.4) is 0 Å². The summed E-state index contributed by atoms with van der Waals surface area (Å²) < 4.78 is 15.0. The number of nitrogens with zero attached hydrogens (tertiary/aromatic N) is 2. The molecule has 274 valence electrons. The molecule has 7 N–H and O–H groups in total. The molecule has 0 fully saturated rings. The number of anilines is 4. The SMILES string of the molecule is COC(=O)c1cnc(N)c(C#Cc2cccc(NC(=O)c3occc3C)c2)c1.Cc1ccoc1C(=O)Nc1cccc(C#Cc2cc(C(=O)O)cnc2N)c1. The molecule has 14 heteroatoms. The van der Waals surface area contributed by atoms with Gasteiger partial charge in [0.15, 0.2) is 11.5 Å². The van der Waals surface area contributed by atoms with Gasteiger partial charge in [0.25, 0.3) is 11.8 Å². The Hall–Kier alpha value is -8.10. The highest BCUT2D eigenvalue weighted by Gasteiger charge is 2.14. The van der Waals surface area contributed by atoms with Crippen molar-refractivity contribution in [2.24, 2.45) is 0 Å². The van der Waals surface area contributed by atoms with Gasteiger partial charge in [0.1, 0.15) is 11.6 Å². The van der Waals surface area contributed by atoms with Crippen molar-refractivity contribution in [1.29, 1.82) is 0 Å². The van der Waals surface area contributed by atoms with E-state index in [2.05, 4.69) is 49.0 Å². The number of pyridine rings is 2. The van der Waals surface area contributed by atoms with Crippen molar-refractivity contribution in [3.8, 4) is 23.7 Å². The van der Waals surface area contributed by atoms with Gasteiger partial charge in [-0.1, -0.05) is 35.8 Å². The van der Waals surface area contributed by atoms with Crippen molar-refractivity contribution in [3.63, 3.8) is 0 Å². The first-order valence-corrected chi connectivity index (χ1v) is 16.2. The number of benzene rings is 2. The Bertz CT molecular complexity index is 2550. The number of aryl methyl sites for hydroxylation is 2. The Labute approximate surface area is 314 Å². The normalized spacial score (nSPS) is 9.95. The van der Waals surface area contributed by atoms with Crippen LogP contribution in [0.4, 0.5) is 23.0 Å². The van der Waals surface area contributed by atoms with E-state index in [1.54, 1.807) is 74.5 Å². The topological polar surface area (TPSA) is 226 Å². The minimum atomic E-state index is -1.11. The Kier molecular flexibility index (Phi) is 12.1. The summed E-state index contributed by atoms with van der Waals surface area (Å²) in [6, 6.07) is 20.2. The maximum atomic E-state index is 12.3. The second-order valence-electron chi connectivity index (χ2n) is 11.5. The maximum absolute atomic E-state index is 12.3. The first-order chi connectivity index (χ1) is 26.4. The fraction of sp³-hybridized carbons (Fsp3) is 0.0732. The number of methoxy groups -OCH3 is 1. The van der Waals surface area contributed by atoms with Gasteiger partial charge in [0.05, 0.1) is 41.9 Å². The van der Waals surface area contributed by atoms with Crippen LogP contribution in [-0.2, 0) is 4.74 Å². The largest absolute Gasteiger partial charge is 0.478 e. The smallest absolute Gasteiger partial charge is 0.339 e. The highest BCUT2D eigenvalue weighted by atomic mass is 16.5. The fourth-order valence-corrected chi connectivity index (χ4v) is 4.71. The molecular formula is C41H32N6O8. The first kappa shape index (κ1) is 38.1. The molecule has 0 unspecified atom stereocenters. The summed E-state index contributed by atoms with van der Waals surface area (Å²) >= 11 is 0. The lowest BCUT2D eigenvalue weighted by Gasteiger charge is -2.04. The number of hydrogen-bond acceptors (Lipinski definition) is 11. The van der Waals surface area contributed by atoms with Gasteiger partial charge in [-0.2, -0.15) is 0 Å². The van der Waals surface area contributed by atoms with Crippen molar-refractivity contribution in [3.05, 3.63) is 154 Å². The van der Waals surface area contributed by atoms with Crippen LogP contribution in [0.1, 0.15) is 75.2 Å². The van der Waals surface area contributed by atoms with Gasteiger partial charge in [-0.3, -0.25) is 9.59 Å². The molecule has 0 saturated heterocycles. The molecule has 4 heterocycles. The summed E-state index contributed by atoms with van der Waals surface area (Å²) in [7, 11) is 1.29. The number of carbonyl (C=O) groups excluding carboxylic acids is 3. The van der Waals surface area contributed by atoms with Gasteiger partial charge < -0.3 is 40.8 Å². The van der Waals surface area contributed by atoms with Crippen LogP contribution in [-0.4, -0.2) is 45.9 Å². The van der Waals surface area contributed by atoms with Gasteiger partial charge in [-0.05, 0) is 74.5 Å². The lowest BCUT2D eigenvalue weighted by Crippen LogP contribution is -2.12. The third-order valence-corrected chi connectivity index (χ3v) is 7.57. The highest BCUT2D eigenvalue weighted by molar-refractivity contribution is 6.04. The number of carboxylic acid groups (broad SMARTS) is 1. The van der Waals surface area contributed by atoms with Gasteiger partial charge in [0.2, 0.25) is 0 Å². The fourth-order valence-electron chi connectivity index (χ4n) is 4.71. The monoisotopic (exact) mass is 736 g/mol. The standard InChI is InChI=1S/C21H17N3O4.C20H15N3O4/c1-13-8-9-28-18(13)20(25)24-17-5-3-4-14(10-17)6-7-15-11-16(21(26)27-2)12-23-19(15)22;1-12-7-8-27-17(12)19(24)23-16-4-2-3-13(9-16)5-6-14-10-15(20(25)26)11-22-18(14)21/h3-5,8-12H,1-2H3,(H2,22,23)(H,24,25);2-4,7-11H,1H3,(H2,21,22)(H,23,24)(H,25,26). The summed E-state index contributed by atoms with van der Waals surface area (Å²) in [5.41, 5.74) is 16.4. The van der Waals surface area contributed by atoms with E-state index in [0.29, 0.717) is 33.6 Å². The molecule has 4 aromatic heterocycles. The number of amides is 2. The van der Waals surface area contributed by atoms with Crippen LogP contribution in [0.15, 0.2) is 107 Å². The maximum Gasteiger partial charge on any atom is 0.339 e. The first-order valence-electron chi connectivity index (χ1n) is 16.2. The van der Waals surface area contributed by atoms with E-state index in [4.69, 9.17) is 25.4 Å². The zero-order chi connectivity index (χ0) is 39.5. The minimum absolute atomic E-state index is 0.00308. The summed E-state index contributed by atoms with van der Waals surface area (Å²) in [5, 5.41) is 14.5. The number of hydrogen-bond donors (Lipinski definition) is 5. The van der Waals surface area contributed by atoms with Crippen LogP contribution < -0.4 is 22.1 Å². The van der Waals surface area contributed by atoms with E-state index in [0.717, 1.165) is 11.1 Å². The number of aromatic carboxylic acids is 1. The van der Waals surface area contributed by atoms with E-state index in [9.17, 15) is 19.2 Å². The van der Waals surface area contributed by atoms with Crippen molar-refractivity contribution < 1.29 is 37.9 Å². The summed E-state index contributed by atoms with van der Waals surface area (Å²) in [6.45, 7) is 3.57. The predicted molar refractivity (Wildman–Crippen MR) is 203 cm³/mol. The lowest BCUT2D eigenvalue weighted by atomic mass is 10.1. The molecule has 0 aliphatic rings. The molecule has 0 aliphatic heterocycles. The molecule has 6 aromatic rings. The number of nitrogens with two attached hydrogens (primary N) is 2. The van der Waals surface area contributed by atoms with Crippen molar-refractivity contribution in [2.45, 2.75) is 13.8 Å². The molecule has 0 radical (unpaired) electrons. The van der Waals surface area contributed by atoms with Crippen LogP contribution in [0.5, 0.6) is 0 Å². The number of carbonyl (C=O) groups is 4. The summed E-state index contributed by atoms with van der Waals surface area (Å²) in [4.78, 5) is 54.9. The Morgan fingerprint density at radius 2 is 1.13 bits per heavy atom. The van der Waals surface area contributed by atoms with E-state index in [1.165, 1.54) is 44.2 Å². The van der Waals surface area contributed by atoms with Gasteiger partial charge in [-0.25, -0.2) is 19.6 Å². The molecule has 0 atom stereocenters.